The third-order valence-corrected chi connectivity index (χ3v) is 5.90. The Kier molecular flexibility index (Phi) is 7.88. The van der Waals surface area contributed by atoms with Gasteiger partial charge in [-0.3, -0.25) is 14.4 Å². The van der Waals surface area contributed by atoms with Crippen LogP contribution in [0, 0.1) is 20.8 Å². The Bertz CT molecular complexity index is 730. The van der Waals surface area contributed by atoms with Crippen molar-refractivity contribution in [2.75, 3.05) is 51.4 Å². The number of amides is 2. The Labute approximate surface area is 170 Å². The lowest BCUT2D eigenvalue weighted by atomic mass is 10.1. The number of carbonyl (C=O) groups excluding carboxylic acids is 3. The Hall–Kier alpha value is -2.06. The number of nitrogens with one attached hydrogen (secondary N) is 2. The summed E-state index contributed by atoms with van der Waals surface area (Å²) in [5, 5.41) is 2.64. The molecule has 0 bridgehead atoms. The SMILES string of the molecule is COC(=O)[C@@H]1CN(C(=O)C[NH+](C)CC(=O)Nc2c(C)cc(C)cc2C)CCS1. The topological polar surface area (TPSA) is 80.2 Å². The van der Waals surface area contributed by atoms with Crippen molar-refractivity contribution in [1.29, 1.82) is 0 Å². The highest BCUT2D eigenvalue weighted by atomic mass is 32.2. The summed E-state index contributed by atoms with van der Waals surface area (Å²) in [6.07, 6.45) is 0. The molecule has 2 atom stereocenters. The summed E-state index contributed by atoms with van der Waals surface area (Å²) in [5.41, 5.74) is 4.05. The van der Waals surface area contributed by atoms with Gasteiger partial charge in [0.05, 0.1) is 14.2 Å². The van der Waals surface area contributed by atoms with Gasteiger partial charge in [0.25, 0.3) is 11.8 Å². The third-order valence-electron chi connectivity index (χ3n) is 4.74. The van der Waals surface area contributed by atoms with Gasteiger partial charge in [0.2, 0.25) is 0 Å². The minimum atomic E-state index is -0.334. The summed E-state index contributed by atoms with van der Waals surface area (Å²) in [4.78, 5) is 39.2. The van der Waals surface area contributed by atoms with Crippen molar-refractivity contribution in [3.8, 4) is 0 Å². The van der Waals surface area contributed by atoms with Crippen molar-refractivity contribution < 1.29 is 24.0 Å². The molecule has 1 saturated heterocycles. The number of quaternary nitrogens is 1. The smallest absolute Gasteiger partial charge is 0.320 e. The zero-order valence-corrected chi connectivity index (χ0v) is 18.1. The van der Waals surface area contributed by atoms with E-state index in [4.69, 9.17) is 4.74 Å². The number of esters is 1. The molecule has 0 radical (unpaired) electrons. The van der Waals surface area contributed by atoms with E-state index in [1.54, 1.807) is 4.90 Å². The van der Waals surface area contributed by atoms with E-state index in [2.05, 4.69) is 5.32 Å². The summed E-state index contributed by atoms with van der Waals surface area (Å²) in [6, 6.07) is 4.07. The van der Waals surface area contributed by atoms with Crippen LogP contribution in [0.3, 0.4) is 0 Å². The zero-order valence-electron chi connectivity index (χ0n) is 17.3. The third kappa shape index (κ3) is 5.97. The van der Waals surface area contributed by atoms with Crippen molar-refractivity contribution in [3.05, 3.63) is 28.8 Å². The van der Waals surface area contributed by atoms with Crippen LogP contribution in [0.5, 0.6) is 0 Å². The normalized spacial score (nSPS) is 17.8. The number of aryl methyl sites for hydroxylation is 3. The van der Waals surface area contributed by atoms with Gasteiger partial charge in [0.1, 0.15) is 5.25 Å². The van der Waals surface area contributed by atoms with Crippen molar-refractivity contribution in [3.63, 3.8) is 0 Å². The largest absolute Gasteiger partial charge is 0.468 e. The molecule has 2 N–H and O–H groups in total. The van der Waals surface area contributed by atoms with Gasteiger partial charge < -0.3 is 19.9 Å². The molecule has 0 aliphatic carbocycles. The highest BCUT2D eigenvalue weighted by Gasteiger charge is 2.30. The average Bonchev–Trinajstić information content (AvgIpc) is 2.63. The van der Waals surface area contributed by atoms with E-state index in [9.17, 15) is 14.4 Å². The summed E-state index contributed by atoms with van der Waals surface area (Å²) in [5.74, 6) is 0.229. The number of methoxy groups -OCH3 is 1. The van der Waals surface area contributed by atoms with Crippen LogP contribution in [0.25, 0.3) is 0 Å². The summed E-state index contributed by atoms with van der Waals surface area (Å²) >= 11 is 1.51. The molecule has 1 heterocycles. The van der Waals surface area contributed by atoms with E-state index in [1.165, 1.54) is 18.9 Å². The number of ether oxygens (including phenoxy) is 1. The monoisotopic (exact) mass is 408 g/mol. The van der Waals surface area contributed by atoms with Crippen LogP contribution in [-0.4, -0.2) is 74.0 Å². The maximum absolute atomic E-state index is 12.6. The number of thioether (sulfide) groups is 1. The molecule has 0 aromatic heterocycles. The lowest BCUT2D eigenvalue weighted by Gasteiger charge is -2.31. The minimum absolute atomic E-state index is 0.0535. The van der Waals surface area contributed by atoms with Gasteiger partial charge in [-0.1, -0.05) is 17.7 Å². The molecule has 0 spiro atoms. The van der Waals surface area contributed by atoms with Crippen LogP contribution >= 0.6 is 11.8 Å². The number of hydrogen-bond donors (Lipinski definition) is 2. The number of nitrogens with zero attached hydrogens (tertiary/aromatic N) is 1. The molecular formula is C20H30N3O4S+. The second kappa shape index (κ2) is 9.93. The van der Waals surface area contributed by atoms with E-state index in [-0.39, 0.29) is 36.1 Å². The predicted octanol–water partition coefficient (Wildman–Crippen LogP) is 0.182. The van der Waals surface area contributed by atoms with Crippen LogP contribution in [0.4, 0.5) is 5.69 Å². The highest BCUT2D eigenvalue weighted by Crippen LogP contribution is 2.21. The Balaban J connectivity index is 1.87. The molecular weight excluding hydrogens is 378 g/mol. The number of carbonyl (C=O) groups is 3. The molecule has 7 nitrogen and oxygen atoms in total. The van der Waals surface area contributed by atoms with Gasteiger partial charge in [0, 0.05) is 24.5 Å². The second-order valence-electron chi connectivity index (χ2n) is 7.35. The molecule has 1 aliphatic heterocycles. The molecule has 2 rings (SSSR count). The molecule has 1 fully saturated rings. The number of rotatable bonds is 6. The van der Waals surface area contributed by atoms with E-state index < -0.39 is 0 Å². The predicted molar refractivity (Wildman–Crippen MR) is 111 cm³/mol. The Morgan fingerprint density at radius 2 is 1.86 bits per heavy atom. The van der Waals surface area contributed by atoms with E-state index in [0.29, 0.717) is 18.8 Å². The lowest BCUT2D eigenvalue weighted by molar-refractivity contribution is -0.862. The first kappa shape index (κ1) is 22.2. The fraction of sp³-hybridized carbons (Fsp3) is 0.550. The van der Waals surface area contributed by atoms with Gasteiger partial charge in [-0.25, -0.2) is 0 Å². The maximum atomic E-state index is 12.6. The van der Waals surface area contributed by atoms with Crippen molar-refractivity contribution in [1.82, 2.24) is 4.90 Å². The van der Waals surface area contributed by atoms with Crippen molar-refractivity contribution >= 4 is 35.2 Å². The molecule has 1 unspecified atom stereocenters. The summed E-state index contributed by atoms with van der Waals surface area (Å²) < 4.78 is 4.78. The van der Waals surface area contributed by atoms with Crippen molar-refractivity contribution in [2.24, 2.45) is 0 Å². The summed E-state index contributed by atoms with van der Waals surface area (Å²) in [6.45, 7) is 7.34. The standard InChI is InChI=1S/C20H29N3O4S/c1-13-8-14(2)19(15(3)9-13)21-17(24)11-22(4)12-18(25)23-6-7-28-16(10-23)20(26)27-5/h8-9,16H,6-7,10-12H2,1-5H3,(H,21,24)/p+1/t16-/m0/s1. The number of anilines is 1. The molecule has 2 amide bonds. The van der Waals surface area contributed by atoms with Gasteiger partial charge in [-0.05, 0) is 31.9 Å². The van der Waals surface area contributed by atoms with Gasteiger partial charge in [-0.15, -0.1) is 11.8 Å². The molecule has 1 aromatic rings. The zero-order chi connectivity index (χ0) is 20.8. The fourth-order valence-corrected chi connectivity index (χ4v) is 4.55. The molecule has 28 heavy (non-hydrogen) atoms. The van der Waals surface area contributed by atoms with Crippen LogP contribution in [0.2, 0.25) is 0 Å². The lowest BCUT2D eigenvalue weighted by Crippen LogP contribution is -3.11. The number of likely N-dealkylation sites (N-methyl/N-ethyl adjacent to an activating group) is 1. The van der Waals surface area contributed by atoms with Gasteiger partial charge in [-0.2, -0.15) is 0 Å². The molecule has 8 heteroatoms. The average molecular weight is 409 g/mol. The van der Waals surface area contributed by atoms with E-state index >= 15 is 0 Å². The van der Waals surface area contributed by atoms with E-state index in [0.717, 1.165) is 27.3 Å². The quantitative estimate of drug-likeness (QED) is 0.657. The highest BCUT2D eigenvalue weighted by molar-refractivity contribution is 8.00. The van der Waals surface area contributed by atoms with Crippen LogP contribution < -0.4 is 10.2 Å². The number of benzene rings is 1. The number of hydrogen-bond acceptors (Lipinski definition) is 5. The Morgan fingerprint density at radius 3 is 2.46 bits per heavy atom. The first-order valence-electron chi connectivity index (χ1n) is 9.37. The van der Waals surface area contributed by atoms with Crippen LogP contribution in [-0.2, 0) is 19.1 Å². The molecule has 1 aliphatic rings. The van der Waals surface area contributed by atoms with Crippen LogP contribution in [0.15, 0.2) is 12.1 Å². The minimum Gasteiger partial charge on any atom is -0.468 e. The first-order valence-corrected chi connectivity index (χ1v) is 10.4. The summed E-state index contributed by atoms with van der Waals surface area (Å²) in [7, 11) is 3.18. The first-order chi connectivity index (χ1) is 13.2. The molecule has 0 saturated carbocycles. The van der Waals surface area contributed by atoms with Gasteiger partial charge in [0.15, 0.2) is 13.1 Å². The second-order valence-corrected chi connectivity index (χ2v) is 8.67. The van der Waals surface area contributed by atoms with Crippen LogP contribution in [0.1, 0.15) is 16.7 Å². The van der Waals surface area contributed by atoms with Gasteiger partial charge >= 0.3 is 5.97 Å². The Morgan fingerprint density at radius 1 is 1.21 bits per heavy atom. The molecule has 154 valence electrons. The molecule has 1 aromatic carbocycles. The van der Waals surface area contributed by atoms with E-state index in [1.807, 2.05) is 40.0 Å². The maximum Gasteiger partial charge on any atom is 0.320 e. The fourth-order valence-electron chi connectivity index (χ4n) is 3.42. The van der Waals surface area contributed by atoms with Crippen molar-refractivity contribution in [2.45, 2.75) is 26.0 Å².